The van der Waals surface area contributed by atoms with Crippen molar-refractivity contribution in [3.05, 3.63) is 52.3 Å². The SMILES string of the molecule is Cc1cccc(OCCOC(=O)c2[nH]c(C)c([C@H](C)O)c2C)c1. The number of nitrogens with one attached hydrogen (secondary N) is 1. The molecule has 5 heteroatoms. The molecule has 1 atom stereocenters. The zero-order valence-electron chi connectivity index (χ0n) is 14.0. The molecule has 124 valence electrons. The van der Waals surface area contributed by atoms with Crippen LogP contribution in [0, 0.1) is 20.8 Å². The van der Waals surface area contributed by atoms with E-state index in [1.54, 1.807) is 13.8 Å². The summed E-state index contributed by atoms with van der Waals surface area (Å²) in [5.74, 6) is 0.315. The van der Waals surface area contributed by atoms with Crippen LogP contribution in [0.5, 0.6) is 5.75 Å². The smallest absolute Gasteiger partial charge is 0.355 e. The molecule has 5 nitrogen and oxygen atoms in total. The van der Waals surface area contributed by atoms with Crippen molar-refractivity contribution in [1.29, 1.82) is 0 Å². The van der Waals surface area contributed by atoms with Gasteiger partial charge in [-0.15, -0.1) is 0 Å². The monoisotopic (exact) mass is 317 g/mol. The van der Waals surface area contributed by atoms with Gasteiger partial charge in [0.2, 0.25) is 0 Å². The predicted molar refractivity (Wildman–Crippen MR) is 87.9 cm³/mol. The predicted octanol–water partition coefficient (Wildman–Crippen LogP) is 3.23. The van der Waals surface area contributed by atoms with Crippen LogP contribution in [0.3, 0.4) is 0 Å². The van der Waals surface area contributed by atoms with Gasteiger partial charge in [-0.05, 0) is 51.0 Å². The second-order valence-corrected chi connectivity index (χ2v) is 5.64. The molecule has 0 bridgehead atoms. The summed E-state index contributed by atoms with van der Waals surface area (Å²) in [6.07, 6.45) is -0.627. The molecular weight excluding hydrogens is 294 g/mol. The fraction of sp³-hybridized carbons (Fsp3) is 0.389. The molecule has 0 aliphatic heterocycles. The van der Waals surface area contributed by atoms with Crippen molar-refractivity contribution in [2.75, 3.05) is 13.2 Å². The molecular formula is C18H23NO4. The highest BCUT2D eigenvalue weighted by Crippen LogP contribution is 2.24. The molecule has 2 aromatic rings. The maximum absolute atomic E-state index is 12.1. The van der Waals surface area contributed by atoms with Crippen molar-refractivity contribution in [1.82, 2.24) is 4.98 Å². The maximum Gasteiger partial charge on any atom is 0.355 e. The summed E-state index contributed by atoms with van der Waals surface area (Å²) in [6.45, 7) is 7.74. The molecule has 0 spiro atoms. The van der Waals surface area contributed by atoms with Crippen LogP contribution >= 0.6 is 0 Å². The zero-order valence-corrected chi connectivity index (χ0v) is 14.0. The minimum absolute atomic E-state index is 0.161. The van der Waals surface area contributed by atoms with Crippen LogP contribution in [0.1, 0.15) is 45.9 Å². The van der Waals surface area contributed by atoms with Gasteiger partial charge in [0.15, 0.2) is 0 Å². The molecule has 0 aliphatic carbocycles. The van der Waals surface area contributed by atoms with Gasteiger partial charge in [-0.1, -0.05) is 12.1 Å². The van der Waals surface area contributed by atoms with E-state index in [1.165, 1.54) is 0 Å². The summed E-state index contributed by atoms with van der Waals surface area (Å²) in [4.78, 5) is 15.1. The Morgan fingerprint density at radius 3 is 2.61 bits per heavy atom. The first-order chi connectivity index (χ1) is 10.9. The Hall–Kier alpha value is -2.27. The van der Waals surface area contributed by atoms with Crippen molar-refractivity contribution in [2.24, 2.45) is 0 Å². The minimum Gasteiger partial charge on any atom is -0.490 e. The van der Waals surface area contributed by atoms with E-state index < -0.39 is 12.1 Å². The van der Waals surface area contributed by atoms with E-state index in [4.69, 9.17) is 9.47 Å². The van der Waals surface area contributed by atoms with Gasteiger partial charge in [0, 0.05) is 11.3 Å². The average Bonchev–Trinajstić information content (AvgIpc) is 2.78. The van der Waals surface area contributed by atoms with Gasteiger partial charge in [-0.3, -0.25) is 0 Å². The third-order valence-electron chi connectivity index (χ3n) is 3.69. The number of hydrogen-bond donors (Lipinski definition) is 2. The van der Waals surface area contributed by atoms with E-state index in [1.807, 2.05) is 38.1 Å². The van der Waals surface area contributed by atoms with Crippen molar-refractivity contribution in [3.8, 4) is 5.75 Å². The molecule has 23 heavy (non-hydrogen) atoms. The van der Waals surface area contributed by atoms with Crippen LogP contribution in [-0.4, -0.2) is 29.3 Å². The quantitative estimate of drug-likeness (QED) is 0.634. The zero-order chi connectivity index (χ0) is 17.0. The topological polar surface area (TPSA) is 71.5 Å². The molecule has 0 saturated carbocycles. The van der Waals surface area contributed by atoms with Gasteiger partial charge in [-0.25, -0.2) is 4.79 Å². The number of aromatic amines is 1. The normalized spacial score (nSPS) is 12.0. The fourth-order valence-electron chi connectivity index (χ4n) is 2.67. The molecule has 1 heterocycles. The van der Waals surface area contributed by atoms with Crippen molar-refractivity contribution < 1.29 is 19.4 Å². The summed E-state index contributed by atoms with van der Waals surface area (Å²) in [5.41, 5.74) is 3.74. The van der Waals surface area contributed by atoms with Crippen LogP contribution in [0.25, 0.3) is 0 Å². The highest BCUT2D eigenvalue weighted by molar-refractivity contribution is 5.89. The lowest BCUT2D eigenvalue weighted by molar-refractivity contribution is 0.0443. The minimum atomic E-state index is -0.627. The Bertz CT molecular complexity index is 688. The maximum atomic E-state index is 12.1. The Balaban J connectivity index is 1.89. The first-order valence-electron chi connectivity index (χ1n) is 7.64. The highest BCUT2D eigenvalue weighted by atomic mass is 16.6. The molecule has 1 aromatic heterocycles. The van der Waals surface area contributed by atoms with Crippen LogP contribution in [0.15, 0.2) is 24.3 Å². The second-order valence-electron chi connectivity index (χ2n) is 5.64. The van der Waals surface area contributed by atoms with Crippen molar-refractivity contribution >= 4 is 5.97 Å². The number of benzene rings is 1. The summed E-state index contributed by atoms with van der Waals surface area (Å²) >= 11 is 0. The van der Waals surface area contributed by atoms with E-state index in [2.05, 4.69) is 4.98 Å². The number of rotatable bonds is 6. The number of H-pyrrole nitrogens is 1. The summed E-state index contributed by atoms with van der Waals surface area (Å²) in [5, 5.41) is 9.75. The van der Waals surface area contributed by atoms with Gasteiger partial charge in [0.25, 0.3) is 0 Å². The van der Waals surface area contributed by atoms with Gasteiger partial charge in [-0.2, -0.15) is 0 Å². The number of aromatic nitrogens is 1. The molecule has 0 fully saturated rings. The Morgan fingerprint density at radius 2 is 2.00 bits per heavy atom. The third kappa shape index (κ3) is 4.13. The van der Waals surface area contributed by atoms with E-state index in [-0.39, 0.29) is 13.2 Å². The van der Waals surface area contributed by atoms with Gasteiger partial charge in [0.05, 0.1) is 6.10 Å². The molecule has 0 aliphatic rings. The molecule has 0 unspecified atom stereocenters. The number of ether oxygens (including phenoxy) is 2. The third-order valence-corrected chi connectivity index (χ3v) is 3.69. The summed E-state index contributed by atoms with van der Waals surface area (Å²) in [6, 6.07) is 7.69. The van der Waals surface area contributed by atoms with Crippen LogP contribution in [0.2, 0.25) is 0 Å². The van der Waals surface area contributed by atoms with E-state index in [9.17, 15) is 9.90 Å². The number of aliphatic hydroxyl groups excluding tert-OH is 1. The number of aliphatic hydroxyl groups is 1. The molecule has 1 aromatic carbocycles. The lowest BCUT2D eigenvalue weighted by atomic mass is 10.1. The van der Waals surface area contributed by atoms with Crippen LogP contribution in [0.4, 0.5) is 0 Å². The Kier molecular flexibility index (Phi) is 5.45. The summed E-state index contributed by atoms with van der Waals surface area (Å²) in [7, 11) is 0. The molecule has 0 radical (unpaired) electrons. The highest BCUT2D eigenvalue weighted by Gasteiger charge is 2.20. The number of carbonyl (C=O) groups excluding carboxylic acids is 1. The largest absolute Gasteiger partial charge is 0.490 e. The first-order valence-corrected chi connectivity index (χ1v) is 7.64. The fourth-order valence-corrected chi connectivity index (χ4v) is 2.67. The van der Waals surface area contributed by atoms with Crippen LogP contribution in [-0.2, 0) is 4.74 Å². The second kappa shape index (κ2) is 7.33. The van der Waals surface area contributed by atoms with Gasteiger partial charge in [0.1, 0.15) is 24.7 Å². The van der Waals surface area contributed by atoms with Gasteiger partial charge >= 0.3 is 5.97 Å². The molecule has 2 N–H and O–H groups in total. The first kappa shape index (κ1) is 17.1. The summed E-state index contributed by atoms with van der Waals surface area (Å²) < 4.78 is 10.8. The lowest BCUT2D eigenvalue weighted by Gasteiger charge is -2.08. The van der Waals surface area contributed by atoms with E-state index in [0.29, 0.717) is 5.69 Å². The number of aryl methyl sites for hydroxylation is 2. The van der Waals surface area contributed by atoms with Crippen molar-refractivity contribution in [2.45, 2.75) is 33.8 Å². The molecule has 0 amide bonds. The number of esters is 1. The van der Waals surface area contributed by atoms with E-state index in [0.717, 1.165) is 28.1 Å². The van der Waals surface area contributed by atoms with E-state index >= 15 is 0 Å². The number of hydrogen-bond acceptors (Lipinski definition) is 4. The van der Waals surface area contributed by atoms with Crippen LogP contribution < -0.4 is 4.74 Å². The molecule has 2 rings (SSSR count). The van der Waals surface area contributed by atoms with Crippen molar-refractivity contribution in [3.63, 3.8) is 0 Å². The Labute approximate surface area is 136 Å². The number of carbonyl (C=O) groups is 1. The van der Waals surface area contributed by atoms with Gasteiger partial charge < -0.3 is 19.6 Å². The Morgan fingerprint density at radius 1 is 1.26 bits per heavy atom. The molecule has 0 saturated heterocycles. The standard InChI is InChI=1S/C18H23NO4/c1-11-6-5-7-15(10-11)22-8-9-23-18(21)17-12(2)16(14(4)20)13(3)19-17/h5-7,10,14,19-20H,8-9H2,1-4H3/t14-/m0/s1. The average molecular weight is 317 g/mol. The lowest BCUT2D eigenvalue weighted by Crippen LogP contribution is -2.13.